The summed E-state index contributed by atoms with van der Waals surface area (Å²) in [7, 11) is 0. The van der Waals surface area contributed by atoms with E-state index < -0.39 is 0 Å². The molecular formula is C111H58N16O7Pt3S3. The first kappa shape index (κ1) is 87.7. The predicted octanol–water partition coefficient (Wildman–Crippen LogP) is 27.7. The first-order valence-corrected chi connectivity index (χ1v) is 45.7. The van der Waals surface area contributed by atoms with Gasteiger partial charge in [-0.15, -0.1) is 143 Å². The zero-order chi connectivity index (χ0) is 90.4. The number of oxazole rings is 7. The minimum atomic E-state index is 0. The van der Waals surface area contributed by atoms with Gasteiger partial charge in [-0.3, -0.25) is 15.0 Å². The van der Waals surface area contributed by atoms with Gasteiger partial charge in [0.1, 0.15) is 43.8 Å². The number of aromatic nitrogens is 16. The predicted molar refractivity (Wildman–Crippen MR) is 529 cm³/mol. The van der Waals surface area contributed by atoms with Gasteiger partial charge >= 0.3 is 63.2 Å². The molecular weight excluding hydrogens is 2350 g/mol. The molecule has 0 fully saturated rings. The van der Waals surface area contributed by atoms with Gasteiger partial charge in [-0.2, -0.15) is 34.0 Å². The van der Waals surface area contributed by atoms with E-state index in [0.29, 0.717) is 41.2 Å². The Labute approximate surface area is 848 Å². The Morgan fingerprint density at radius 2 is 0.621 bits per heavy atom. The van der Waals surface area contributed by atoms with Gasteiger partial charge < -0.3 is 59.6 Å². The fraction of sp³-hybridized carbons (Fsp3) is 0. The molecule has 0 atom stereocenters. The van der Waals surface area contributed by atoms with Crippen LogP contribution in [0.15, 0.2) is 385 Å². The third-order valence-corrected chi connectivity index (χ3v) is 26.9. The normalized spacial score (nSPS) is 11.4. The molecule has 672 valence electrons. The van der Waals surface area contributed by atoms with Crippen LogP contribution in [0.25, 0.3) is 259 Å². The van der Waals surface area contributed by atoms with Crippen molar-refractivity contribution in [1.82, 2.24) is 78.5 Å². The second-order valence-electron chi connectivity index (χ2n) is 31.7. The number of pyridine rings is 3. The van der Waals surface area contributed by atoms with Crippen LogP contribution in [0.5, 0.6) is 0 Å². The molecule has 29 heteroatoms. The van der Waals surface area contributed by atoms with Crippen LogP contribution in [0.2, 0.25) is 0 Å². The number of fused-ring (bicyclic) bond motifs is 12. The molecule has 0 spiro atoms. The molecule has 16 aromatic heterocycles. The Morgan fingerprint density at radius 1 is 0.243 bits per heavy atom. The summed E-state index contributed by atoms with van der Waals surface area (Å²) in [5.41, 5.74) is 24.1. The maximum absolute atomic E-state index is 5.86. The molecule has 12 aromatic carbocycles. The minimum absolute atomic E-state index is 0. The number of nitrogens with zero attached hydrogens (tertiary/aromatic N) is 16. The molecule has 0 bridgehead atoms. The summed E-state index contributed by atoms with van der Waals surface area (Å²) in [6.45, 7) is 0. The average molecular weight is 2410 g/mol. The fourth-order valence-corrected chi connectivity index (χ4v) is 20.4. The Kier molecular flexibility index (Phi) is 23.4. The molecule has 28 rings (SSSR count). The molecule has 0 radical (unpaired) electrons. The van der Waals surface area contributed by atoms with Crippen molar-refractivity contribution in [1.29, 1.82) is 0 Å². The van der Waals surface area contributed by atoms with E-state index >= 15 is 0 Å². The molecule has 0 aliphatic rings. The molecule has 0 aliphatic carbocycles. The monoisotopic (exact) mass is 2410 g/mol. The molecule has 140 heavy (non-hydrogen) atoms. The molecule has 0 saturated heterocycles. The van der Waals surface area contributed by atoms with Crippen molar-refractivity contribution in [2.45, 2.75) is 0 Å². The maximum atomic E-state index is 5.86. The number of benzene rings is 12. The smallest absolute Gasteiger partial charge is 0.453 e. The number of hydrogen-bond acceptors (Lipinski definition) is 23. The summed E-state index contributed by atoms with van der Waals surface area (Å²) in [6, 6.07) is 106. The SMILES string of the molecule is [Pt+2].[Pt+2].[Pt+2].[c-]1c(-c2ccc(-c3ncco3)cn2)ccc(-c2ncco2)c1-n1c2[c-]c(-c3nc4ccccc4s3)ccc2c2cc(-c3ncco3)ccc21.[c-]1c(-c2ccccn2)ccc(-c2ncco2)c1-n1c2[c-]c(-c3nc4ccccc4s3)ccc2c2cc(-c3ncco3)ccc21.[c-]1c(-c2ccccn2)cccc1-n1c2[c-]c(-c3nc4ccccc4s3)c(-c3ncco3)cc2c2cc(-c3ncco3)ccc21. The van der Waals surface area contributed by atoms with Crippen LogP contribution in [-0.2, 0) is 63.2 Å². The maximum Gasteiger partial charge on any atom is 2.00 e. The van der Waals surface area contributed by atoms with Gasteiger partial charge in [-0.1, -0.05) is 89.0 Å². The van der Waals surface area contributed by atoms with E-state index in [-0.39, 0.29) is 63.2 Å². The Bertz CT molecular complexity index is 9280. The van der Waals surface area contributed by atoms with Crippen molar-refractivity contribution in [3.63, 3.8) is 0 Å². The minimum Gasteiger partial charge on any atom is -0.453 e. The third kappa shape index (κ3) is 16.0. The van der Waals surface area contributed by atoms with E-state index in [2.05, 4.69) is 186 Å². The van der Waals surface area contributed by atoms with Gasteiger partial charge in [0.25, 0.3) is 0 Å². The number of para-hydroxylation sites is 3. The summed E-state index contributed by atoms with van der Waals surface area (Å²) in [5.74, 6) is 3.65. The van der Waals surface area contributed by atoms with E-state index in [1.54, 1.807) is 140 Å². The molecule has 0 unspecified atom stereocenters. The van der Waals surface area contributed by atoms with E-state index in [9.17, 15) is 0 Å². The molecule has 23 nitrogen and oxygen atoms in total. The Balaban J connectivity index is 0.000000116. The molecule has 28 aromatic rings. The standard InChI is InChI=1S/C39H20N6O3S.2C36H19N5O2S.3Pt/c1-2-4-35-31(3-1)44-39(49-35)25-6-9-27-29-19-24(36-40-13-16-46-36)8-12-32(29)45(33(27)21-25)34-20-23(5-10-28(34)38-42-15-18-48-38)30-11-7-26(22-43-30)37-41-14-17-47-37;1-2-10-33-30(9-1)40-36(44-33)28-21-32-26(20-27(28)35-39-15-17-43-35)25-19-23(34-38-14-16-42-34)11-12-31(25)41(32)24-7-5-6-22(18-24)29-8-3-4-13-37-29;1-2-7-33-29(6-1)40-36(44-33)24-9-11-25-27-19-23(34-38-15-17-42-34)10-13-30(27)41(31(25)21-24)32-20-22(28-5-3-4-14-37-28)8-12-26(32)35-39-16-18-43-35;;;/h1-19,22H;1-17,19-20H;1-19H;;;/q3*-2;3*+2. The summed E-state index contributed by atoms with van der Waals surface area (Å²) in [6.07, 6.45) is 27.9. The van der Waals surface area contributed by atoms with Crippen LogP contribution in [0.1, 0.15) is 0 Å². The fourth-order valence-electron chi connectivity index (χ4n) is 17.5. The van der Waals surface area contributed by atoms with Crippen molar-refractivity contribution >= 4 is 130 Å². The van der Waals surface area contributed by atoms with Gasteiger partial charge in [-0.05, 0) is 187 Å². The topological polar surface area (TPSA) is 274 Å². The van der Waals surface area contributed by atoms with Crippen molar-refractivity contribution in [2.24, 2.45) is 0 Å². The van der Waals surface area contributed by atoms with Gasteiger partial charge in [-0.25, -0.2) is 34.9 Å². The van der Waals surface area contributed by atoms with E-state index in [4.69, 9.17) is 50.9 Å². The summed E-state index contributed by atoms with van der Waals surface area (Å²) in [4.78, 5) is 59.7. The molecule has 0 saturated carbocycles. The molecule has 0 aliphatic heterocycles. The number of thiazole rings is 3. The average Bonchev–Trinajstić information content (AvgIpc) is 1.58. The Morgan fingerprint density at radius 3 is 1.05 bits per heavy atom. The largest absolute Gasteiger partial charge is 2.00 e. The first-order valence-electron chi connectivity index (χ1n) is 43.2. The van der Waals surface area contributed by atoms with E-state index in [1.165, 1.54) is 0 Å². The van der Waals surface area contributed by atoms with Gasteiger partial charge in [0.05, 0.1) is 65.5 Å². The van der Waals surface area contributed by atoms with Crippen molar-refractivity contribution < 1.29 is 94.1 Å². The van der Waals surface area contributed by atoms with Gasteiger partial charge in [0.15, 0.2) is 17.7 Å². The van der Waals surface area contributed by atoms with Gasteiger partial charge in [0.2, 0.25) is 23.6 Å². The molecule has 0 N–H and O–H groups in total. The van der Waals surface area contributed by atoms with Crippen molar-refractivity contribution in [3.05, 3.63) is 391 Å². The first-order chi connectivity index (χ1) is 67.9. The van der Waals surface area contributed by atoms with Gasteiger partial charge in [0, 0.05) is 81.0 Å². The quantitative estimate of drug-likeness (QED) is 0.0813. The van der Waals surface area contributed by atoms with Crippen LogP contribution in [-0.4, -0.2) is 78.5 Å². The summed E-state index contributed by atoms with van der Waals surface area (Å²) >= 11 is 4.92. The summed E-state index contributed by atoms with van der Waals surface area (Å²) in [5, 5.41) is 8.67. The van der Waals surface area contributed by atoms with E-state index in [1.807, 2.05) is 158 Å². The van der Waals surface area contributed by atoms with Crippen LogP contribution in [0.4, 0.5) is 0 Å². The van der Waals surface area contributed by atoms with Crippen LogP contribution < -0.4 is 0 Å². The Hall–Kier alpha value is -16.3. The van der Waals surface area contributed by atoms with Crippen molar-refractivity contribution in [3.8, 4) is 163 Å². The zero-order valence-electron chi connectivity index (χ0n) is 72.2. The van der Waals surface area contributed by atoms with Crippen LogP contribution in [0, 0.1) is 36.4 Å². The number of rotatable bonds is 16. The molecule has 16 heterocycles. The second kappa shape index (κ2) is 37.3. The van der Waals surface area contributed by atoms with Crippen LogP contribution in [0.3, 0.4) is 0 Å². The third-order valence-electron chi connectivity index (χ3n) is 23.7. The molecule has 0 amide bonds. The zero-order valence-corrected chi connectivity index (χ0v) is 81.4. The second-order valence-corrected chi connectivity index (χ2v) is 34.8. The summed E-state index contributed by atoms with van der Waals surface area (Å²) < 4.78 is 49.8. The van der Waals surface area contributed by atoms with Crippen molar-refractivity contribution in [2.75, 3.05) is 0 Å². The number of hydrogen-bond donors (Lipinski definition) is 0. The van der Waals surface area contributed by atoms with Crippen LogP contribution >= 0.6 is 34.0 Å². The van der Waals surface area contributed by atoms with E-state index in [0.717, 1.165) is 218 Å².